The van der Waals surface area contributed by atoms with E-state index in [0.29, 0.717) is 11.3 Å². The van der Waals surface area contributed by atoms with Gasteiger partial charge in [-0.15, -0.1) is 0 Å². The predicted molar refractivity (Wildman–Crippen MR) is 100 cm³/mol. The van der Waals surface area contributed by atoms with Crippen molar-refractivity contribution in [3.8, 4) is 5.69 Å². The van der Waals surface area contributed by atoms with Crippen molar-refractivity contribution in [2.24, 2.45) is 0 Å². The number of non-ortho nitro benzene ring substituents is 1. The van der Waals surface area contributed by atoms with Gasteiger partial charge in [0.15, 0.2) is 0 Å². The van der Waals surface area contributed by atoms with Crippen LogP contribution in [0.3, 0.4) is 0 Å². The van der Waals surface area contributed by atoms with Crippen molar-refractivity contribution < 1.29 is 14.5 Å². The van der Waals surface area contributed by atoms with E-state index in [9.17, 15) is 14.9 Å². The summed E-state index contributed by atoms with van der Waals surface area (Å²) in [4.78, 5) is 22.6. The number of ether oxygens (including phenoxy) is 1. The Kier molecular flexibility index (Phi) is 5.23. The van der Waals surface area contributed by atoms with E-state index in [2.05, 4.69) is 5.10 Å². The van der Waals surface area contributed by atoms with Crippen LogP contribution in [0.1, 0.15) is 27.3 Å². The topological polar surface area (TPSA) is 87.3 Å². The van der Waals surface area contributed by atoms with E-state index < -0.39 is 10.9 Å². The average Bonchev–Trinajstić information content (AvgIpc) is 2.98. The summed E-state index contributed by atoms with van der Waals surface area (Å²) in [6.07, 6.45) is 0. The molecule has 0 saturated heterocycles. The summed E-state index contributed by atoms with van der Waals surface area (Å²) in [5, 5.41) is 15.3. The summed E-state index contributed by atoms with van der Waals surface area (Å²) in [6.45, 7) is 3.79. The van der Waals surface area contributed by atoms with Crippen molar-refractivity contribution in [2.75, 3.05) is 0 Å². The molecule has 8 heteroatoms. The molecule has 0 radical (unpaired) electrons. The molecule has 27 heavy (non-hydrogen) atoms. The van der Waals surface area contributed by atoms with Gasteiger partial charge >= 0.3 is 5.97 Å². The molecule has 3 rings (SSSR count). The van der Waals surface area contributed by atoms with Crippen molar-refractivity contribution in [1.82, 2.24) is 9.78 Å². The Morgan fingerprint density at radius 2 is 1.89 bits per heavy atom. The maximum atomic E-state index is 12.4. The minimum Gasteiger partial charge on any atom is -0.457 e. The van der Waals surface area contributed by atoms with E-state index in [1.165, 1.54) is 12.1 Å². The van der Waals surface area contributed by atoms with E-state index in [-0.39, 0.29) is 22.9 Å². The van der Waals surface area contributed by atoms with Crippen LogP contribution in [0.25, 0.3) is 5.69 Å². The number of esters is 1. The minimum absolute atomic E-state index is 0.0166. The van der Waals surface area contributed by atoms with E-state index in [4.69, 9.17) is 16.3 Å². The van der Waals surface area contributed by atoms with Crippen LogP contribution in [0.2, 0.25) is 5.02 Å². The molecule has 0 N–H and O–H groups in total. The third-order valence-corrected chi connectivity index (χ3v) is 4.27. The summed E-state index contributed by atoms with van der Waals surface area (Å²) in [5.41, 5.74) is 3.34. The Morgan fingerprint density at radius 3 is 2.48 bits per heavy atom. The van der Waals surface area contributed by atoms with Crippen LogP contribution in [-0.4, -0.2) is 20.7 Å². The monoisotopic (exact) mass is 385 g/mol. The lowest BCUT2D eigenvalue weighted by atomic mass is 10.2. The Balaban J connectivity index is 1.77. The highest BCUT2D eigenvalue weighted by Crippen LogP contribution is 2.22. The number of hydrogen-bond acceptors (Lipinski definition) is 5. The van der Waals surface area contributed by atoms with Crippen LogP contribution in [0.15, 0.2) is 48.5 Å². The van der Waals surface area contributed by atoms with Crippen molar-refractivity contribution in [3.05, 3.63) is 86.2 Å². The van der Waals surface area contributed by atoms with Crippen LogP contribution < -0.4 is 0 Å². The molecule has 0 saturated carbocycles. The van der Waals surface area contributed by atoms with Crippen molar-refractivity contribution in [3.63, 3.8) is 0 Å². The number of carbonyl (C=O) groups is 1. The predicted octanol–water partition coefficient (Wildman–Crippen LogP) is 4.41. The third-order valence-electron chi connectivity index (χ3n) is 3.94. The number of halogens is 1. The Labute approximate surface area is 160 Å². The first-order chi connectivity index (χ1) is 12.8. The highest BCUT2D eigenvalue weighted by molar-refractivity contribution is 6.33. The smallest absolute Gasteiger partial charge is 0.340 e. The van der Waals surface area contributed by atoms with Gasteiger partial charge in [-0.25, -0.2) is 9.48 Å². The molecular weight excluding hydrogens is 370 g/mol. The van der Waals surface area contributed by atoms with Gasteiger partial charge in [-0.3, -0.25) is 10.1 Å². The molecule has 3 aromatic rings. The number of nitro benzene ring substituents is 1. The van der Waals surface area contributed by atoms with Gasteiger partial charge < -0.3 is 4.74 Å². The zero-order valence-electron chi connectivity index (χ0n) is 14.7. The zero-order chi connectivity index (χ0) is 19.6. The maximum Gasteiger partial charge on any atom is 0.340 e. The summed E-state index contributed by atoms with van der Waals surface area (Å²) < 4.78 is 7.02. The molecule has 0 amide bonds. The standard InChI is InChI=1S/C19H16ClN3O4/c1-12-9-13(2)22(21-12)16-7-8-18(20)17(10-16)19(24)27-11-14-3-5-15(6-4-14)23(25)26/h3-10H,11H2,1-2H3. The molecule has 2 aromatic carbocycles. The maximum absolute atomic E-state index is 12.4. The van der Waals surface area contributed by atoms with Crippen LogP contribution in [0.5, 0.6) is 0 Å². The van der Waals surface area contributed by atoms with Gasteiger partial charge in [0, 0.05) is 17.8 Å². The van der Waals surface area contributed by atoms with Gasteiger partial charge in [0.2, 0.25) is 0 Å². The SMILES string of the molecule is Cc1cc(C)n(-c2ccc(Cl)c(C(=O)OCc3ccc([N+](=O)[O-])cc3)c2)n1. The number of rotatable bonds is 5. The highest BCUT2D eigenvalue weighted by Gasteiger charge is 2.15. The number of aryl methyl sites for hydroxylation is 2. The molecule has 0 fully saturated rings. The highest BCUT2D eigenvalue weighted by atomic mass is 35.5. The van der Waals surface area contributed by atoms with Gasteiger partial charge in [0.1, 0.15) is 6.61 Å². The lowest BCUT2D eigenvalue weighted by Crippen LogP contribution is -2.08. The molecule has 0 unspecified atom stereocenters. The molecule has 0 aliphatic heterocycles. The first-order valence-corrected chi connectivity index (χ1v) is 8.46. The molecule has 7 nitrogen and oxygen atoms in total. The number of nitrogens with zero attached hydrogens (tertiary/aromatic N) is 3. The van der Waals surface area contributed by atoms with Crippen molar-refractivity contribution >= 4 is 23.3 Å². The summed E-state index contributed by atoms with van der Waals surface area (Å²) in [7, 11) is 0. The molecule has 138 valence electrons. The van der Waals surface area contributed by atoms with Crippen molar-refractivity contribution in [2.45, 2.75) is 20.5 Å². The first-order valence-electron chi connectivity index (χ1n) is 8.09. The van der Waals surface area contributed by atoms with Gasteiger partial charge in [-0.05, 0) is 55.8 Å². The van der Waals surface area contributed by atoms with Crippen molar-refractivity contribution in [1.29, 1.82) is 0 Å². The second-order valence-electron chi connectivity index (χ2n) is 6.00. The molecular formula is C19H16ClN3O4. The minimum atomic E-state index is -0.582. The molecule has 0 atom stereocenters. The second-order valence-corrected chi connectivity index (χ2v) is 6.41. The Bertz CT molecular complexity index is 1010. The number of carbonyl (C=O) groups excluding carboxylic acids is 1. The van der Waals surface area contributed by atoms with Gasteiger partial charge in [0.25, 0.3) is 5.69 Å². The van der Waals surface area contributed by atoms with Crippen LogP contribution in [0, 0.1) is 24.0 Å². The number of hydrogen-bond donors (Lipinski definition) is 0. The lowest BCUT2D eigenvalue weighted by Gasteiger charge is -2.10. The third kappa shape index (κ3) is 4.15. The van der Waals surface area contributed by atoms with Gasteiger partial charge in [-0.2, -0.15) is 5.10 Å². The number of nitro groups is 1. The van der Waals surface area contributed by atoms with Crippen LogP contribution in [-0.2, 0) is 11.3 Å². The zero-order valence-corrected chi connectivity index (χ0v) is 15.4. The molecule has 0 bridgehead atoms. The quantitative estimate of drug-likeness (QED) is 0.369. The summed E-state index contributed by atoms with van der Waals surface area (Å²) in [6, 6.07) is 12.8. The Morgan fingerprint density at radius 1 is 1.19 bits per heavy atom. The van der Waals surface area contributed by atoms with E-state index >= 15 is 0 Å². The average molecular weight is 386 g/mol. The van der Waals surface area contributed by atoms with Crippen LogP contribution in [0.4, 0.5) is 5.69 Å². The van der Waals surface area contributed by atoms with E-state index in [1.807, 2.05) is 19.9 Å². The second kappa shape index (κ2) is 7.59. The van der Waals surface area contributed by atoms with E-state index in [0.717, 1.165) is 11.4 Å². The summed E-state index contributed by atoms with van der Waals surface area (Å²) in [5.74, 6) is -0.582. The normalized spacial score (nSPS) is 10.6. The lowest BCUT2D eigenvalue weighted by molar-refractivity contribution is -0.384. The molecule has 1 heterocycles. The van der Waals surface area contributed by atoms with Gasteiger partial charge in [-0.1, -0.05) is 11.6 Å². The largest absolute Gasteiger partial charge is 0.457 e. The molecule has 0 aliphatic rings. The van der Waals surface area contributed by atoms with E-state index in [1.54, 1.807) is 35.0 Å². The van der Waals surface area contributed by atoms with Crippen LogP contribution >= 0.6 is 11.6 Å². The summed E-state index contributed by atoms with van der Waals surface area (Å²) >= 11 is 6.16. The number of benzene rings is 2. The molecule has 1 aromatic heterocycles. The molecule has 0 spiro atoms. The fourth-order valence-electron chi connectivity index (χ4n) is 2.63. The fourth-order valence-corrected chi connectivity index (χ4v) is 2.83. The fraction of sp³-hybridized carbons (Fsp3) is 0.158. The van der Waals surface area contributed by atoms with Gasteiger partial charge in [0.05, 0.1) is 26.9 Å². The first kappa shape index (κ1) is 18.6. The molecule has 0 aliphatic carbocycles. The number of aromatic nitrogens is 2. The Hall–Kier alpha value is -3.19.